The van der Waals surface area contributed by atoms with Gasteiger partial charge in [0.05, 0.1) is 18.4 Å². The topological polar surface area (TPSA) is 72.5 Å². The zero-order chi connectivity index (χ0) is 13.9. The quantitative estimate of drug-likeness (QED) is 0.829. The number of rotatable bonds is 4. The lowest BCUT2D eigenvalue weighted by molar-refractivity contribution is 0.0599. The third-order valence-corrected chi connectivity index (χ3v) is 4.30. The maximum atomic E-state index is 11.6. The molecule has 6 heteroatoms. The molecule has 1 aromatic rings. The molecule has 0 saturated heterocycles. The van der Waals surface area contributed by atoms with Gasteiger partial charge < -0.3 is 10.1 Å². The third kappa shape index (κ3) is 3.42. The number of hydrogen-bond donors (Lipinski definition) is 1. The van der Waals surface area contributed by atoms with Crippen molar-refractivity contribution < 1.29 is 17.9 Å². The zero-order valence-corrected chi connectivity index (χ0v) is 11.3. The maximum Gasteiger partial charge on any atom is 0.338 e. The highest BCUT2D eigenvalue weighted by Crippen LogP contribution is 2.12. The highest BCUT2D eigenvalue weighted by atomic mass is 32.2. The van der Waals surface area contributed by atoms with E-state index < -0.39 is 15.8 Å². The van der Waals surface area contributed by atoms with Gasteiger partial charge in [-0.05, 0) is 11.6 Å². The van der Waals surface area contributed by atoms with E-state index in [-0.39, 0.29) is 11.8 Å². The van der Waals surface area contributed by atoms with Gasteiger partial charge in [-0.1, -0.05) is 24.3 Å². The first-order valence-corrected chi connectivity index (χ1v) is 7.54. The minimum atomic E-state index is -3.07. The molecular weight excluding hydrogens is 266 g/mol. The molecule has 0 bridgehead atoms. The molecule has 1 unspecified atom stereocenters. The van der Waals surface area contributed by atoms with Gasteiger partial charge in [0.25, 0.3) is 0 Å². The maximum absolute atomic E-state index is 11.6. The Labute approximate surface area is 112 Å². The molecule has 1 aliphatic heterocycles. The van der Waals surface area contributed by atoms with Crippen molar-refractivity contribution in [2.24, 2.45) is 0 Å². The summed E-state index contributed by atoms with van der Waals surface area (Å²) in [5.74, 6) is -0.333. The summed E-state index contributed by atoms with van der Waals surface area (Å²) in [5.41, 5.74) is 1.27. The van der Waals surface area contributed by atoms with Crippen molar-refractivity contribution in [3.05, 3.63) is 46.9 Å². The summed E-state index contributed by atoms with van der Waals surface area (Å²) in [7, 11) is -1.73. The lowest BCUT2D eigenvalue weighted by Gasteiger charge is -2.12. The Hall–Kier alpha value is -1.66. The second-order valence-corrected chi connectivity index (χ2v) is 6.23. The Morgan fingerprint density at radius 2 is 2.16 bits per heavy atom. The van der Waals surface area contributed by atoms with E-state index in [9.17, 15) is 13.2 Å². The molecule has 2 rings (SSSR count). The summed E-state index contributed by atoms with van der Waals surface area (Å²) in [4.78, 5) is 11.6. The lowest BCUT2D eigenvalue weighted by Crippen LogP contribution is -2.30. The normalized spacial score (nSPS) is 20.4. The van der Waals surface area contributed by atoms with E-state index in [2.05, 4.69) is 5.32 Å². The van der Waals surface area contributed by atoms with Crippen LogP contribution in [-0.4, -0.2) is 33.3 Å². The predicted molar refractivity (Wildman–Crippen MR) is 71.3 cm³/mol. The van der Waals surface area contributed by atoms with E-state index in [1.54, 1.807) is 18.2 Å². The fourth-order valence-electron chi connectivity index (χ4n) is 1.93. The molecule has 0 spiro atoms. The number of methoxy groups -OCH3 is 1. The van der Waals surface area contributed by atoms with Crippen LogP contribution in [0, 0.1) is 0 Å². The van der Waals surface area contributed by atoms with Crippen molar-refractivity contribution in [3.63, 3.8) is 0 Å². The molecule has 0 radical (unpaired) electrons. The Bertz CT molecular complexity index is 607. The molecule has 19 heavy (non-hydrogen) atoms. The number of carbonyl (C=O) groups excluding carboxylic acids is 1. The van der Waals surface area contributed by atoms with E-state index in [0.29, 0.717) is 12.1 Å². The van der Waals surface area contributed by atoms with E-state index in [1.807, 2.05) is 12.1 Å². The Morgan fingerprint density at radius 3 is 2.79 bits per heavy atom. The number of esters is 1. The number of sulfone groups is 1. The molecule has 102 valence electrons. The summed E-state index contributed by atoms with van der Waals surface area (Å²) >= 11 is 0. The number of carbonyl (C=O) groups is 1. The SMILES string of the molecule is COC(=O)c1ccccc1CNC1C=CS(=O)(=O)C1. The van der Waals surface area contributed by atoms with Crippen molar-refractivity contribution >= 4 is 15.8 Å². The first-order valence-electron chi connectivity index (χ1n) is 5.82. The van der Waals surface area contributed by atoms with Gasteiger partial charge in [0.1, 0.15) is 0 Å². The van der Waals surface area contributed by atoms with Gasteiger partial charge in [0, 0.05) is 18.0 Å². The third-order valence-electron chi connectivity index (χ3n) is 2.91. The fraction of sp³-hybridized carbons (Fsp3) is 0.308. The molecule has 1 atom stereocenters. The monoisotopic (exact) mass is 281 g/mol. The van der Waals surface area contributed by atoms with Crippen LogP contribution in [0.3, 0.4) is 0 Å². The van der Waals surface area contributed by atoms with E-state index in [1.165, 1.54) is 12.5 Å². The summed E-state index contributed by atoms with van der Waals surface area (Å²) < 4.78 is 27.3. The van der Waals surface area contributed by atoms with E-state index in [4.69, 9.17) is 4.74 Å². The molecule has 0 aromatic heterocycles. The molecule has 1 heterocycles. The van der Waals surface area contributed by atoms with Crippen LogP contribution < -0.4 is 5.32 Å². The molecule has 5 nitrogen and oxygen atoms in total. The largest absolute Gasteiger partial charge is 0.465 e. The molecule has 0 aliphatic carbocycles. The van der Waals surface area contributed by atoms with Crippen LogP contribution in [0.2, 0.25) is 0 Å². The van der Waals surface area contributed by atoms with Gasteiger partial charge in [-0.25, -0.2) is 13.2 Å². The van der Waals surface area contributed by atoms with Gasteiger partial charge in [0.2, 0.25) is 0 Å². The number of benzene rings is 1. The van der Waals surface area contributed by atoms with E-state index in [0.717, 1.165) is 5.56 Å². The standard InChI is InChI=1S/C13H15NO4S/c1-18-13(15)12-5-3-2-4-10(12)8-14-11-6-7-19(16,17)9-11/h2-7,11,14H,8-9H2,1H3. The molecule has 0 fully saturated rings. The van der Waals surface area contributed by atoms with Crippen molar-refractivity contribution in [3.8, 4) is 0 Å². The first-order chi connectivity index (χ1) is 9.02. The van der Waals surface area contributed by atoms with Crippen LogP contribution in [0.5, 0.6) is 0 Å². The minimum absolute atomic E-state index is 0.0629. The second kappa shape index (κ2) is 5.54. The van der Waals surface area contributed by atoms with Crippen molar-refractivity contribution in [2.75, 3.05) is 12.9 Å². The second-order valence-electron chi connectivity index (χ2n) is 4.29. The zero-order valence-electron chi connectivity index (χ0n) is 10.5. The Morgan fingerprint density at radius 1 is 1.42 bits per heavy atom. The number of nitrogens with one attached hydrogen (secondary N) is 1. The predicted octanol–water partition coefficient (Wildman–Crippen LogP) is 0.873. The average Bonchev–Trinajstić information content (AvgIpc) is 2.75. The van der Waals surface area contributed by atoms with Crippen molar-refractivity contribution in [1.82, 2.24) is 5.32 Å². The molecular formula is C13H15NO4S. The molecule has 1 aromatic carbocycles. The van der Waals surface area contributed by atoms with Gasteiger partial charge >= 0.3 is 5.97 Å². The van der Waals surface area contributed by atoms with Gasteiger partial charge in [-0.3, -0.25) is 0 Å². The van der Waals surface area contributed by atoms with Crippen molar-refractivity contribution in [2.45, 2.75) is 12.6 Å². The van der Waals surface area contributed by atoms with Gasteiger partial charge in [0.15, 0.2) is 9.84 Å². The van der Waals surface area contributed by atoms with Crippen LogP contribution in [0.1, 0.15) is 15.9 Å². The van der Waals surface area contributed by atoms with Crippen LogP contribution in [0.25, 0.3) is 0 Å². The Kier molecular flexibility index (Phi) is 4.01. The smallest absolute Gasteiger partial charge is 0.338 e. The van der Waals surface area contributed by atoms with Crippen LogP contribution in [-0.2, 0) is 21.1 Å². The van der Waals surface area contributed by atoms with E-state index >= 15 is 0 Å². The molecule has 1 N–H and O–H groups in total. The highest BCUT2D eigenvalue weighted by Gasteiger charge is 2.21. The number of ether oxygens (including phenoxy) is 1. The fourth-order valence-corrected chi connectivity index (χ4v) is 3.20. The summed E-state index contributed by atoms with van der Waals surface area (Å²) in [6.07, 6.45) is 1.62. The summed E-state index contributed by atoms with van der Waals surface area (Å²) in [5, 5.41) is 4.32. The summed E-state index contributed by atoms with van der Waals surface area (Å²) in [6.45, 7) is 0.412. The Balaban J connectivity index is 2.05. The molecule has 0 amide bonds. The van der Waals surface area contributed by atoms with Crippen LogP contribution in [0.15, 0.2) is 35.7 Å². The van der Waals surface area contributed by atoms with Crippen LogP contribution >= 0.6 is 0 Å². The van der Waals surface area contributed by atoms with Crippen molar-refractivity contribution in [1.29, 1.82) is 0 Å². The first kappa shape index (κ1) is 13.8. The summed E-state index contributed by atoms with van der Waals surface area (Å²) in [6, 6.07) is 6.87. The lowest BCUT2D eigenvalue weighted by atomic mass is 10.1. The molecule has 1 aliphatic rings. The van der Waals surface area contributed by atoms with Gasteiger partial charge in [-0.15, -0.1) is 0 Å². The highest BCUT2D eigenvalue weighted by molar-refractivity contribution is 7.94. The average molecular weight is 281 g/mol. The number of hydrogen-bond acceptors (Lipinski definition) is 5. The molecule has 0 saturated carbocycles. The van der Waals surface area contributed by atoms with Gasteiger partial charge in [-0.2, -0.15) is 0 Å². The minimum Gasteiger partial charge on any atom is -0.465 e. The van der Waals surface area contributed by atoms with Crippen LogP contribution in [0.4, 0.5) is 0 Å².